The van der Waals surface area contributed by atoms with E-state index in [0.717, 1.165) is 17.5 Å². The molecule has 1 unspecified atom stereocenters. The van der Waals surface area contributed by atoms with E-state index in [0.29, 0.717) is 11.7 Å². The zero-order chi connectivity index (χ0) is 14.3. The van der Waals surface area contributed by atoms with Gasteiger partial charge in [-0.3, -0.25) is 0 Å². The van der Waals surface area contributed by atoms with Gasteiger partial charge in [0.1, 0.15) is 5.75 Å². The van der Waals surface area contributed by atoms with Crippen LogP contribution in [0.5, 0.6) is 5.75 Å². The highest BCUT2D eigenvalue weighted by molar-refractivity contribution is 5.56. The fourth-order valence-corrected chi connectivity index (χ4v) is 1.96. The SMILES string of the molecule is CC.Cc1cc(/C=C/C2=CC=CCC2C)ccc1O. The molecule has 0 spiro atoms. The molecule has 0 aliphatic heterocycles. The molecule has 2 rings (SSSR count). The number of hydrogen-bond acceptors (Lipinski definition) is 1. The Morgan fingerprint density at radius 1 is 1.21 bits per heavy atom. The Balaban J connectivity index is 0.000000861. The number of allylic oxidation sites excluding steroid dienone is 5. The van der Waals surface area contributed by atoms with E-state index in [1.165, 1.54) is 5.57 Å². The highest BCUT2D eigenvalue weighted by Gasteiger charge is 2.06. The van der Waals surface area contributed by atoms with Crippen LogP contribution < -0.4 is 0 Å². The summed E-state index contributed by atoms with van der Waals surface area (Å²) in [6.07, 6.45) is 11.9. The molecule has 1 aliphatic carbocycles. The van der Waals surface area contributed by atoms with Gasteiger partial charge in [0.05, 0.1) is 0 Å². The molecule has 0 saturated heterocycles. The third kappa shape index (κ3) is 4.44. The summed E-state index contributed by atoms with van der Waals surface area (Å²) in [7, 11) is 0. The summed E-state index contributed by atoms with van der Waals surface area (Å²) in [6.45, 7) is 8.15. The van der Waals surface area contributed by atoms with Crippen LogP contribution in [-0.4, -0.2) is 5.11 Å². The van der Waals surface area contributed by atoms with Gasteiger partial charge in [0.2, 0.25) is 0 Å². The zero-order valence-electron chi connectivity index (χ0n) is 12.4. The van der Waals surface area contributed by atoms with E-state index in [1.54, 1.807) is 6.07 Å². The number of aryl methyl sites for hydroxylation is 1. The standard InChI is InChI=1S/C16H18O.C2H6/c1-12-5-3-4-6-15(12)9-7-14-8-10-16(17)13(2)11-14;1-2/h3-4,6-12,17H,5H2,1-2H3;1-2H3/b9-7+;. The van der Waals surface area contributed by atoms with Gasteiger partial charge in [0.15, 0.2) is 0 Å². The van der Waals surface area contributed by atoms with Gasteiger partial charge in [0.25, 0.3) is 0 Å². The lowest BCUT2D eigenvalue weighted by atomic mass is 9.92. The van der Waals surface area contributed by atoms with Crippen molar-refractivity contribution < 1.29 is 5.11 Å². The van der Waals surface area contributed by atoms with Crippen molar-refractivity contribution in [3.8, 4) is 5.75 Å². The fourth-order valence-electron chi connectivity index (χ4n) is 1.96. The van der Waals surface area contributed by atoms with Gasteiger partial charge in [0, 0.05) is 0 Å². The highest BCUT2D eigenvalue weighted by atomic mass is 16.3. The summed E-state index contributed by atoms with van der Waals surface area (Å²) in [5.74, 6) is 0.949. The molecule has 1 N–H and O–H groups in total. The predicted octanol–water partition coefficient (Wildman–Crippen LogP) is 5.26. The average molecular weight is 256 g/mol. The molecule has 0 aromatic heterocycles. The van der Waals surface area contributed by atoms with E-state index >= 15 is 0 Å². The summed E-state index contributed by atoms with van der Waals surface area (Å²) in [4.78, 5) is 0. The molecule has 1 nitrogen and oxygen atoms in total. The Bertz CT molecular complexity index is 492. The Kier molecular flexibility index (Phi) is 6.14. The molecule has 102 valence electrons. The van der Waals surface area contributed by atoms with Gasteiger partial charge in [-0.2, -0.15) is 0 Å². The molecule has 1 aromatic carbocycles. The van der Waals surface area contributed by atoms with Gasteiger partial charge in [-0.15, -0.1) is 0 Å². The van der Waals surface area contributed by atoms with Crippen LogP contribution in [0.15, 0.2) is 48.1 Å². The number of aromatic hydroxyl groups is 1. The minimum atomic E-state index is 0.357. The first kappa shape index (κ1) is 15.3. The molecular weight excluding hydrogens is 232 g/mol. The number of phenols is 1. The van der Waals surface area contributed by atoms with Crippen LogP contribution in [0.2, 0.25) is 0 Å². The number of phenolic OH excluding ortho intramolecular Hbond substituents is 1. The van der Waals surface area contributed by atoms with Crippen LogP contribution >= 0.6 is 0 Å². The molecule has 0 fully saturated rings. The second kappa shape index (κ2) is 7.63. The van der Waals surface area contributed by atoms with Gasteiger partial charge in [-0.1, -0.05) is 57.2 Å². The molecule has 1 atom stereocenters. The van der Waals surface area contributed by atoms with Crippen molar-refractivity contribution in [2.24, 2.45) is 5.92 Å². The van der Waals surface area contributed by atoms with Crippen molar-refractivity contribution >= 4 is 6.08 Å². The number of benzene rings is 1. The molecular formula is C18H24O. The van der Waals surface area contributed by atoms with Crippen LogP contribution in [0.3, 0.4) is 0 Å². The first-order valence-electron chi connectivity index (χ1n) is 7.01. The second-order valence-electron chi connectivity index (χ2n) is 4.61. The number of hydrogen-bond donors (Lipinski definition) is 1. The topological polar surface area (TPSA) is 20.2 Å². The van der Waals surface area contributed by atoms with Crippen LogP contribution in [0, 0.1) is 12.8 Å². The first-order valence-corrected chi connectivity index (χ1v) is 7.01. The van der Waals surface area contributed by atoms with E-state index in [1.807, 2.05) is 32.9 Å². The minimum absolute atomic E-state index is 0.357. The normalized spacial score (nSPS) is 17.9. The summed E-state index contributed by atoms with van der Waals surface area (Å²) < 4.78 is 0. The van der Waals surface area contributed by atoms with Gasteiger partial charge in [-0.05, 0) is 48.1 Å². The molecule has 0 radical (unpaired) electrons. The lowest BCUT2D eigenvalue weighted by Crippen LogP contribution is -1.98. The van der Waals surface area contributed by atoms with Crippen molar-refractivity contribution in [3.05, 3.63) is 59.2 Å². The Morgan fingerprint density at radius 2 is 1.95 bits per heavy atom. The summed E-state index contributed by atoms with van der Waals surface area (Å²) in [5, 5.41) is 9.46. The van der Waals surface area contributed by atoms with Gasteiger partial charge >= 0.3 is 0 Å². The van der Waals surface area contributed by atoms with E-state index in [-0.39, 0.29) is 0 Å². The molecule has 0 saturated carbocycles. The second-order valence-corrected chi connectivity index (χ2v) is 4.61. The number of rotatable bonds is 2. The van der Waals surface area contributed by atoms with Gasteiger partial charge < -0.3 is 5.11 Å². The molecule has 1 aromatic rings. The van der Waals surface area contributed by atoms with E-state index in [2.05, 4.69) is 37.3 Å². The van der Waals surface area contributed by atoms with E-state index in [4.69, 9.17) is 0 Å². The quantitative estimate of drug-likeness (QED) is 0.765. The highest BCUT2D eigenvalue weighted by Crippen LogP contribution is 2.23. The van der Waals surface area contributed by atoms with Crippen LogP contribution in [0.1, 0.15) is 38.3 Å². The first-order chi connectivity index (χ1) is 9.16. The molecule has 0 bridgehead atoms. The lowest BCUT2D eigenvalue weighted by molar-refractivity contribution is 0.471. The van der Waals surface area contributed by atoms with Crippen molar-refractivity contribution in [1.82, 2.24) is 0 Å². The van der Waals surface area contributed by atoms with E-state index in [9.17, 15) is 5.11 Å². The third-order valence-corrected chi connectivity index (χ3v) is 3.17. The molecule has 1 heteroatoms. The maximum atomic E-state index is 9.46. The molecule has 0 heterocycles. The Hall–Kier alpha value is -1.76. The molecule has 0 amide bonds. The predicted molar refractivity (Wildman–Crippen MR) is 84.2 cm³/mol. The summed E-state index contributed by atoms with van der Waals surface area (Å²) >= 11 is 0. The van der Waals surface area contributed by atoms with Gasteiger partial charge in [-0.25, -0.2) is 0 Å². The zero-order valence-corrected chi connectivity index (χ0v) is 12.4. The third-order valence-electron chi connectivity index (χ3n) is 3.17. The maximum absolute atomic E-state index is 9.46. The van der Waals surface area contributed by atoms with E-state index < -0.39 is 0 Å². The summed E-state index contributed by atoms with van der Waals surface area (Å²) in [5.41, 5.74) is 3.40. The Labute approximate surface area is 117 Å². The smallest absolute Gasteiger partial charge is 0.118 e. The summed E-state index contributed by atoms with van der Waals surface area (Å²) in [6, 6.07) is 5.67. The van der Waals surface area contributed by atoms with Crippen LogP contribution in [0.25, 0.3) is 6.08 Å². The molecule has 1 aliphatic rings. The maximum Gasteiger partial charge on any atom is 0.118 e. The average Bonchev–Trinajstić information content (AvgIpc) is 2.44. The fraction of sp³-hybridized carbons (Fsp3) is 0.333. The van der Waals surface area contributed by atoms with Crippen LogP contribution in [0.4, 0.5) is 0 Å². The minimum Gasteiger partial charge on any atom is -0.508 e. The van der Waals surface area contributed by atoms with Crippen molar-refractivity contribution in [2.45, 2.75) is 34.1 Å². The largest absolute Gasteiger partial charge is 0.508 e. The Morgan fingerprint density at radius 3 is 2.58 bits per heavy atom. The van der Waals surface area contributed by atoms with Crippen LogP contribution in [-0.2, 0) is 0 Å². The van der Waals surface area contributed by atoms with Crippen molar-refractivity contribution in [3.63, 3.8) is 0 Å². The van der Waals surface area contributed by atoms with Crippen molar-refractivity contribution in [2.75, 3.05) is 0 Å². The molecule has 19 heavy (non-hydrogen) atoms. The lowest BCUT2D eigenvalue weighted by Gasteiger charge is -2.13. The monoisotopic (exact) mass is 256 g/mol. The van der Waals surface area contributed by atoms with Crippen molar-refractivity contribution in [1.29, 1.82) is 0 Å².